The van der Waals surface area contributed by atoms with Gasteiger partial charge in [-0.25, -0.2) is 0 Å². The van der Waals surface area contributed by atoms with Crippen molar-refractivity contribution in [2.45, 2.75) is 78.2 Å². The Morgan fingerprint density at radius 1 is 1.14 bits per heavy atom. The zero-order valence-corrected chi connectivity index (χ0v) is 20.8. The van der Waals surface area contributed by atoms with Crippen LogP contribution in [0.4, 0.5) is 0 Å². The van der Waals surface area contributed by atoms with E-state index in [9.17, 15) is 4.79 Å². The van der Waals surface area contributed by atoms with Crippen LogP contribution in [0.1, 0.15) is 72.1 Å². The summed E-state index contributed by atoms with van der Waals surface area (Å²) in [5.74, 6) is 1.12. The molecule has 0 aromatic heterocycles. The lowest BCUT2D eigenvalue weighted by Gasteiger charge is -2.20. The third-order valence-corrected chi connectivity index (χ3v) is 4.96. The van der Waals surface area contributed by atoms with E-state index in [0.717, 1.165) is 51.6 Å². The van der Waals surface area contributed by atoms with Crippen LogP contribution >= 0.6 is 24.0 Å². The number of unbranched alkanes of at least 4 members (excludes halogenated alkanes) is 5. The summed E-state index contributed by atoms with van der Waals surface area (Å²) < 4.78 is 5.71. The van der Waals surface area contributed by atoms with Crippen LogP contribution in [0.25, 0.3) is 0 Å². The highest BCUT2D eigenvalue weighted by Crippen LogP contribution is 2.12. The van der Waals surface area contributed by atoms with E-state index in [-0.39, 0.29) is 41.8 Å². The van der Waals surface area contributed by atoms with Gasteiger partial charge in [0.2, 0.25) is 5.91 Å². The lowest BCUT2D eigenvalue weighted by Crippen LogP contribution is -2.45. The first-order valence-corrected chi connectivity index (χ1v) is 10.9. The van der Waals surface area contributed by atoms with Crippen molar-refractivity contribution in [2.75, 3.05) is 39.9 Å². The Hall–Kier alpha value is -0.570. The van der Waals surface area contributed by atoms with Crippen LogP contribution in [-0.2, 0) is 9.53 Å². The van der Waals surface area contributed by atoms with E-state index in [4.69, 9.17) is 4.74 Å². The minimum atomic E-state index is 0. The fourth-order valence-electron chi connectivity index (χ4n) is 3.30. The van der Waals surface area contributed by atoms with Crippen LogP contribution in [0.2, 0.25) is 0 Å². The summed E-state index contributed by atoms with van der Waals surface area (Å²) in [6.07, 6.45) is 9.75. The van der Waals surface area contributed by atoms with Crippen molar-refractivity contribution >= 4 is 35.8 Å². The number of ether oxygens (including phenoxy) is 1. The molecule has 0 aromatic rings. The van der Waals surface area contributed by atoms with Gasteiger partial charge in [-0.15, -0.1) is 24.0 Å². The van der Waals surface area contributed by atoms with Crippen LogP contribution in [-0.4, -0.2) is 62.7 Å². The maximum absolute atomic E-state index is 12.1. The van der Waals surface area contributed by atoms with Crippen molar-refractivity contribution in [1.82, 2.24) is 15.5 Å². The van der Waals surface area contributed by atoms with E-state index < -0.39 is 0 Å². The van der Waals surface area contributed by atoms with Gasteiger partial charge in [-0.1, -0.05) is 52.9 Å². The quantitative estimate of drug-likeness (QED) is 0.171. The summed E-state index contributed by atoms with van der Waals surface area (Å²) in [6, 6.07) is 0.280. The maximum Gasteiger partial charge on any atom is 0.225 e. The van der Waals surface area contributed by atoms with Gasteiger partial charge in [-0.3, -0.25) is 9.79 Å². The Labute approximate surface area is 189 Å². The van der Waals surface area contributed by atoms with Gasteiger partial charge in [0.15, 0.2) is 5.96 Å². The Balaban J connectivity index is 0.00000729. The SMILES string of the molecule is CCCCCCCCOCCCNC(=NC)NC1CCN(C(=O)C(C)C)C1.I. The van der Waals surface area contributed by atoms with Crippen molar-refractivity contribution in [2.24, 2.45) is 10.9 Å². The molecule has 1 aliphatic rings. The Morgan fingerprint density at radius 3 is 2.50 bits per heavy atom. The van der Waals surface area contributed by atoms with Crippen molar-refractivity contribution in [3.05, 3.63) is 0 Å². The molecule has 1 fully saturated rings. The summed E-state index contributed by atoms with van der Waals surface area (Å²) in [6.45, 7) is 10.3. The number of hydrogen-bond acceptors (Lipinski definition) is 3. The highest BCUT2D eigenvalue weighted by molar-refractivity contribution is 14.0. The number of nitrogens with zero attached hydrogens (tertiary/aromatic N) is 2. The van der Waals surface area contributed by atoms with Crippen LogP contribution < -0.4 is 10.6 Å². The van der Waals surface area contributed by atoms with Crippen LogP contribution in [0.15, 0.2) is 4.99 Å². The zero-order chi connectivity index (χ0) is 19.9. The molecule has 0 saturated carbocycles. The summed E-state index contributed by atoms with van der Waals surface area (Å²) >= 11 is 0. The molecule has 2 N–H and O–H groups in total. The Bertz CT molecular complexity index is 433. The predicted octanol–water partition coefficient (Wildman–Crippen LogP) is 3.79. The second kappa shape index (κ2) is 17.3. The number of likely N-dealkylation sites (tertiary alicyclic amines) is 1. The number of aliphatic imine (C=N–C) groups is 1. The van der Waals surface area contributed by atoms with E-state index in [1.807, 2.05) is 18.7 Å². The Kier molecular flexibility index (Phi) is 16.9. The van der Waals surface area contributed by atoms with Crippen molar-refractivity contribution in [3.8, 4) is 0 Å². The molecule has 1 saturated heterocycles. The minimum absolute atomic E-state index is 0. The molecule has 0 radical (unpaired) electrons. The average Bonchev–Trinajstić information content (AvgIpc) is 3.12. The number of nitrogens with one attached hydrogen (secondary N) is 2. The molecule has 1 rings (SSSR count). The molecule has 1 atom stereocenters. The largest absolute Gasteiger partial charge is 0.381 e. The van der Waals surface area contributed by atoms with E-state index in [2.05, 4.69) is 22.5 Å². The molecule has 0 aromatic carbocycles. The molecule has 0 bridgehead atoms. The molecular formula is C21H43IN4O2. The number of amides is 1. The van der Waals surface area contributed by atoms with Gasteiger partial charge >= 0.3 is 0 Å². The number of hydrogen-bond donors (Lipinski definition) is 2. The molecule has 28 heavy (non-hydrogen) atoms. The van der Waals surface area contributed by atoms with Crippen LogP contribution in [0.5, 0.6) is 0 Å². The highest BCUT2D eigenvalue weighted by Gasteiger charge is 2.27. The molecule has 166 valence electrons. The van der Waals surface area contributed by atoms with Crippen molar-refractivity contribution in [1.29, 1.82) is 0 Å². The van der Waals surface area contributed by atoms with Gasteiger partial charge in [-0.05, 0) is 19.3 Å². The second-order valence-corrected chi connectivity index (χ2v) is 7.80. The topological polar surface area (TPSA) is 66.0 Å². The van der Waals surface area contributed by atoms with Crippen LogP contribution in [0, 0.1) is 5.92 Å². The third-order valence-electron chi connectivity index (χ3n) is 4.96. The second-order valence-electron chi connectivity index (χ2n) is 7.80. The van der Waals surface area contributed by atoms with E-state index in [0.29, 0.717) is 0 Å². The van der Waals surface area contributed by atoms with Gasteiger partial charge < -0.3 is 20.3 Å². The van der Waals surface area contributed by atoms with Gasteiger partial charge in [0.25, 0.3) is 0 Å². The van der Waals surface area contributed by atoms with Crippen molar-refractivity contribution < 1.29 is 9.53 Å². The lowest BCUT2D eigenvalue weighted by atomic mass is 10.1. The summed E-state index contributed by atoms with van der Waals surface area (Å²) in [5.41, 5.74) is 0. The molecular weight excluding hydrogens is 467 g/mol. The van der Waals surface area contributed by atoms with E-state index in [1.165, 1.54) is 38.5 Å². The Morgan fingerprint density at radius 2 is 1.82 bits per heavy atom. The monoisotopic (exact) mass is 510 g/mol. The molecule has 1 heterocycles. The number of carbonyl (C=O) groups excluding carboxylic acids is 1. The number of guanidine groups is 1. The smallest absolute Gasteiger partial charge is 0.225 e. The number of rotatable bonds is 13. The van der Waals surface area contributed by atoms with Crippen molar-refractivity contribution in [3.63, 3.8) is 0 Å². The molecule has 6 nitrogen and oxygen atoms in total. The fraction of sp³-hybridized carbons (Fsp3) is 0.905. The molecule has 0 spiro atoms. The van der Waals surface area contributed by atoms with Gasteiger partial charge in [0, 0.05) is 51.9 Å². The summed E-state index contributed by atoms with van der Waals surface area (Å²) in [5, 5.41) is 6.77. The molecule has 1 unspecified atom stereocenters. The lowest BCUT2D eigenvalue weighted by molar-refractivity contribution is -0.133. The highest BCUT2D eigenvalue weighted by atomic mass is 127. The van der Waals surface area contributed by atoms with Gasteiger partial charge in [0.05, 0.1) is 0 Å². The maximum atomic E-state index is 12.1. The van der Waals surface area contributed by atoms with E-state index >= 15 is 0 Å². The first-order valence-electron chi connectivity index (χ1n) is 10.9. The van der Waals surface area contributed by atoms with Gasteiger partial charge in [0.1, 0.15) is 0 Å². The molecule has 0 aliphatic carbocycles. The minimum Gasteiger partial charge on any atom is -0.381 e. The van der Waals surface area contributed by atoms with E-state index in [1.54, 1.807) is 7.05 Å². The predicted molar refractivity (Wildman–Crippen MR) is 129 cm³/mol. The fourth-order valence-corrected chi connectivity index (χ4v) is 3.30. The van der Waals surface area contributed by atoms with Gasteiger partial charge in [-0.2, -0.15) is 0 Å². The number of carbonyl (C=O) groups is 1. The zero-order valence-electron chi connectivity index (χ0n) is 18.5. The molecule has 7 heteroatoms. The molecule has 1 aliphatic heterocycles. The third kappa shape index (κ3) is 12.1. The average molecular weight is 511 g/mol. The van der Waals surface area contributed by atoms with Crippen LogP contribution in [0.3, 0.4) is 0 Å². The summed E-state index contributed by atoms with van der Waals surface area (Å²) in [4.78, 5) is 18.3. The number of halogens is 1. The normalized spacial score (nSPS) is 17.0. The molecule has 1 amide bonds. The first kappa shape index (κ1) is 27.4. The first-order chi connectivity index (χ1) is 13.1. The summed E-state index contributed by atoms with van der Waals surface area (Å²) in [7, 11) is 1.79. The standard InChI is InChI=1S/C21H42N4O2.HI/c1-5-6-7-8-9-10-15-27-16-11-13-23-21(22-4)24-19-12-14-25(17-19)20(26)18(2)3;/h18-19H,5-17H2,1-4H3,(H2,22,23,24);1H.